The molecule has 17 heteroatoms. The van der Waals surface area contributed by atoms with Crippen LogP contribution in [-0.2, 0) is 54.3 Å². The molecule has 2 saturated heterocycles. The molecule has 7 amide bonds. The smallest absolute Gasteiger partial charge is 0.326 e. The molecule has 3 aliphatic heterocycles. The standard InChI is InChI=1S/C48H72N6O11/c1-10-31(4)42(36(64-8)29-40(58)52-26-16-20-35(52)43(65-9)32(5)44(59)49-34(46(61)62)28-33-18-12-11-13-19-33)51(7)45(60)41(30(2)3)50-47(63)48(6)24-17-27-54(48)39(57)21-14-15-25-53-37(55)22-23-38(53)56/h11-13,18-19,22-23,30-32,34-36,41-43H,10,14-17,20-21,24-29H2,1-9H3,(H,49,59)(H,50,63)(H,61,62)/t31-,32+,34-,35-,36+,41-,42-,43+,48-/m0/s1. The number of nitrogens with zero attached hydrogens (tertiary/aromatic N) is 4. The highest BCUT2D eigenvalue weighted by molar-refractivity contribution is 6.12. The van der Waals surface area contributed by atoms with Crippen molar-refractivity contribution in [2.75, 3.05) is 40.9 Å². The summed E-state index contributed by atoms with van der Waals surface area (Å²) in [7, 11) is 4.64. The van der Waals surface area contributed by atoms with E-state index in [2.05, 4.69) is 10.6 Å². The lowest BCUT2D eigenvalue weighted by Crippen LogP contribution is -2.62. The zero-order chi connectivity index (χ0) is 48.2. The third-order valence-electron chi connectivity index (χ3n) is 13.7. The van der Waals surface area contributed by atoms with Gasteiger partial charge in [0.05, 0.1) is 36.6 Å². The molecule has 17 nitrogen and oxygen atoms in total. The fraction of sp³-hybridized carbons (Fsp3) is 0.667. The van der Waals surface area contributed by atoms with E-state index in [4.69, 9.17) is 9.47 Å². The molecule has 0 saturated carbocycles. The van der Waals surface area contributed by atoms with Crippen molar-refractivity contribution in [2.24, 2.45) is 17.8 Å². The lowest BCUT2D eigenvalue weighted by molar-refractivity contribution is -0.150. The van der Waals surface area contributed by atoms with Gasteiger partial charge in [0.15, 0.2) is 0 Å². The van der Waals surface area contributed by atoms with Gasteiger partial charge in [-0.25, -0.2) is 4.79 Å². The fourth-order valence-corrected chi connectivity index (χ4v) is 9.62. The number of carbonyl (C=O) groups is 8. The zero-order valence-electron chi connectivity index (χ0n) is 39.7. The molecule has 0 unspecified atom stereocenters. The predicted octanol–water partition coefficient (Wildman–Crippen LogP) is 3.34. The minimum absolute atomic E-state index is 0.0792. The normalized spacial score (nSPS) is 21.8. The first kappa shape index (κ1) is 52.5. The highest BCUT2D eigenvalue weighted by Crippen LogP contribution is 2.32. The summed E-state index contributed by atoms with van der Waals surface area (Å²) in [6, 6.07) is 5.86. The number of hydrogen-bond acceptors (Lipinski definition) is 10. The van der Waals surface area contributed by atoms with Gasteiger partial charge in [-0.1, -0.05) is 71.4 Å². The molecule has 3 aliphatic rings. The van der Waals surface area contributed by atoms with Crippen LogP contribution in [-0.4, -0.2) is 155 Å². The largest absolute Gasteiger partial charge is 0.480 e. The van der Waals surface area contributed by atoms with Crippen LogP contribution in [0.2, 0.25) is 0 Å². The van der Waals surface area contributed by atoms with Crippen LogP contribution >= 0.6 is 0 Å². The topological polar surface area (TPSA) is 212 Å². The first-order chi connectivity index (χ1) is 30.8. The number of amides is 7. The number of nitrogens with one attached hydrogen (secondary N) is 2. The molecular weight excluding hydrogens is 837 g/mol. The summed E-state index contributed by atoms with van der Waals surface area (Å²) in [5.74, 6) is -4.93. The maximum Gasteiger partial charge on any atom is 0.326 e. The second-order valence-corrected chi connectivity index (χ2v) is 18.4. The number of imide groups is 1. The minimum atomic E-state index is -1.20. The molecule has 1 aromatic rings. The van der Waals surface area contributed by atoms with Gasteiger partial charge in [0, 0.05) is 65.9 Å². The summed E-state index contributed by atoms with van der Waals surface area (Å²) in [4.78, 5) is 112. The molecule has 0 bridgehead atoms. The van der Waals surface area contributed by atoms with Crippen LogP contribution in [0.1, 0.15) is 105 Å². The Bertz CT molecular complexity index is 1870. The molecule has 1 aromatic carbocycles. The zero-order valence-corrected chi connectivity index (χ0v) is 39.7. The van der Waals surface area contributed by atoms with Gasteiger partial charge in [0.2, 0.25) is 29.5 Å². The molecule has 3 N–H and O–H groups in total. The van der Waals surface area contributed by atoms with Gasteiger partial charge >= 0.3 is 5.97 Å². The number of aliphatic carboxylic acids is 1. The van der Waals surface area contributed by atoms with E-state index in [0.717, 1.165) is 10.5 Å². The third-order valence-corrected chi connectivity index (χ3v) is 13.7. The summed E-state index contributed by atoms with van der Waals surface area (Å²) in [5, 5.41) is 15.6. The number of rotatable bonds is 24. The van der Waals surface area contributed by atoms with E-state index >= 15 is 0 Å². The molecule has 0 aliphatic carbocycles. The van der Waals surface area contributed by atoms with Gasteiger partial charge in [-0.15, -0.1) is 0 Å². The highest BCUT2D eigenvalue weighted by Gasteiger charge is 2.48. The monoisotopic (exact) mass is 909 g/mol. The lowest BCUT2D eigenvalue weighted by atomic mass is 9.89. The van der Waals surface area contributed by atoms with Crippen LogP contribution < -0.4 is 10.6 Å². The number of unbranched alkanes of at least 4 members (excludes halogenated alkanes) is 1. The Morgan fingerprint density at radius 2 is 1.57 bits per heavy atom. The number of carboxylic acids is 1. The summed E-state index contributed by atoms with van der Waals surface area (Å²) < 4.78 is 11.9. The quantitative estimate of drug-likeness (QED) is 0.101. The maximum absolute atomic E-state index is 14.6. The molecule has 360 valence electrons. The highest BCUT2D eigenvalue weighted by atomic mass is 16.5. The van der Waals surface area contributed by atoms with Gasteiger partial charge in [-0.3, -0.25) is 38.5 Å². The second kappa shape index (κ2) is 23.9. The Kier molecular flexibility index (Phi) is 19.3. The Morgan fingerprint density at radius 1 is 0.908 bits per heavy atom. The van der Waals surface area contributed by atoms with Crippen LogP contribution in [0, 0.1) is 17.8 Å². The van der Waals surface area contributed by atoms with Crippen LogP contribution in [0.5, 0.6) is 0 Å². The van der Waals surface area contributed by atoms with E-state index in [1.54, 1.807) is 59.9 Å². The Labute approximate surface area is 384 Å². The van der Waals surface area contributed by atoms with Crippen molar-refractivity contribution in [1.29, 1.82) is 0 Å². The number of methoxy groups -OCH3 is 2. The summed E-state index contributed by atoms with van der Waals surface area (Å²) in [6.07, 6.45) is 4.90. The average molecular weight is 909 g/mol. The van der Waals surface area contributed by atoms with Crippen molar-refractivity contribution in [1.82, 2.24) is 30.2 Å². The first-order valence-corrected chi connectivity index (χ1v) is 23.1. The number of likely N-dealkylation sites (N-methyl/N-ethyl adjacent to an activating group) is 1. The molecule has 0 aromatic heterocycles. The van der Waals surface area contributed by atoms with Crippen molar-refractivity contribution in [3.63, 3.8) is 0 Å². The van der Waals surface area contributed by atoms with Crippen molar-refractivity contribution >= 4 is 47.3 Å². The number of ether oxygens (including phenoxy) is 2. The first-order valence-electron chi connectivity index (χ1n) is 23.1. The average Bonchev–Trinajstić information content (AvgIpc) is 4.02. The summed E-state index contributed by atoms with van der Waals surface area (Å²) >= 11 is 0. The van der Waals surface area contributed by atoms with E-state index in [1.165, 1.54) is 26.4 Å². The number of carboxylic acid groups (broad SMARTS) is 1. The third kappa shape index (κ3) is 12.8. The van der Waals surface area contributed by atoms with E-state index in [9.17, 15) is 43.5 Å². The van der Waals surface area contributed by atoms with Crippen molar-refractivity contribution < 1.29 is 52.9 Å². The predicted molar refractivity (Wildman–Crippen MR) is 242 cm³/mol. The molecule has 65 heavy (non-hydrogen) atoms. The van der Waals surface area contributed by atoms with Crippen molar-refractivity contribution in [2.45, 2.75) is 148 Å². The number of hydrogen-bond donors (Lipinski definition) is 3. The Hall–Kier alpha value is -5.16. The number of carbonyl (C=O) groups excluding carboxylic acids is 7. The summed E-state index contributed by atoms with van der Waals surface area (Å²) in [5.41, 5.74) is -0.435. The maximum atomic E-state index is 14.6. The van der Waals surface area contributed by atoms with E-state index in [1.807, 2.05) is 33.8 Å². The molecule has 0 spiro atoms. The number of benzene rings is 1. The van der Waals surface area contributed by atoms with Crippen LogP contribution in [0.25, 0.3) is 0 Å². The van der Waals surface area contributed by atoms with Gasteiger partial charge < -0.3 is 39.9 Å². The SMILES string of the molecule is CC[C@H](C)[C@@H]([C@@H](CC(=O)N1CCC[C@H]1[C@H](OC)[C@@H](C)C(=O)N[C@@H](Cc1ccccc1)C(=O)O)OC)N(C)C(=O)[C@@H](NC(=O)[C@]1(C)CCCN1C(=O)CCCCN1C(=O)C=CC1=O)C(C)C. The second-order valence-electron chi connectivity index (χ2n) is 18.4. The van der Waals surface area contributed by atoms with Crippen LogP contribution in [0.3, 0.4) is 0 Å². The van der Waals surface area contributed by atoms with Gasteiger partial charge in [0.25, 0.3) is 11.8 Å². The number of likely N-dealkylation sites (tertiary alicyclic amines) is 2. The summed E-state index contributed by atoms with van der Waals surface area (Å²) in [6.45, 7) is 12.0. The molecule has 3 heterocycles. The minimum Gasteiger partial charge on any atom is -0.480 e. The molecule has 9 atom stereocenters. The van der Waals surface area contributed by atoms with Crippen molar-refractivity contribution in [3.8, 4) is 0 Å². The van der Waals surface area contributed by atoms with E-state index < -0.39 is 65.6 Å². The molecule has 0 radical (unpaired) electrons. The van der Waals surface area contributed by atoms with Crippen LogP contribution in [0.15, 0.2) is 42.5 Å². The Morgan fingerprint density at radius 3 is 2.15 bits per heavy atom. The lowest BCUT2D eigenvalue weighted by Gasteiger charge is -2.41. The van der Waals surface area contributed by atoms with Gasteiger partial charge in [-0.2, -0.15) is 0 Å². The van der Waals surface area contributed by atoms with E-state index in [0.29, 0.717) is 58.0 Å². The molecule has 4 rings (SSSR count). The van der Waals surface area contributed by atoms with Crippen molar-refractivity contribution in [3.05, 3.63) is 48.0 Å². The fourth-order valence-electron chi connectivity index (χ4n) is 9.62. The van der Waals surface area contributed by atoms with Gasteiger partial charge in [0.1, 0.15) is 17.6 Å². The van der Waals surface area contributed by atoms with Gasteiger partial charge in [-0.05, 0) is 62.8 Å². The Balaban J connectivity index is 1.43. The van der Waals surface area contributed by atoms with Crippen LogP contribution in [0.4, 0.5) is 0 Å². The van der Waals surface area contributed by atoms with E-state index in [-0.39, 0.29) is 67.2 Å². The molecule has 2 fully saturated rings. The molecular formula is C48H72N6O11.